The first-order valence-electron chi connectivity index (χ1n) is 8.65. The Balaban J connectivity index is 1.77. The number of amides is 1. The SMILES string of the molecule is CC(C)Oc1ccc(C(=O)N2CC(C(=O)O)C(c3ccccc3)C2)cn1. The van der Waals surface area contributed by atoms with Gasteiger partial charge in [0.1, 0.15) is 0 Å². The number of hydrogen-bond donors (Lipinski definition) is 1. The Bertz CT molecular complexity index is 774. The molecular formula is C20H22N2O4. The van der Waals surface area contributed by atoms with E-state index in [0.717, 1.165) is 5.56 Å². The average Bonchev–Trinajstić information content (AvgIpc) is 3.08. The molecule has 1 aromatic heterocycles. The first kappa shape index (κ1) is 17.9. The van der Waals surface area contributed by atoms with Gasteiger partial charge in [-0.25, -0.2) is 4.98 Å². The molecule has 1 aliphatic heterocycles. The molecule has 136 valence electrons. The highest BCUT2D eigenvalue weighted by atomic mass is 16.5. The lowest BCUT2D eigenvalue weighted by Crippen LogP contribution is -2.30. The third kappa shape index (κ3) is 3.85. The molecule has 0 aliphatic carbocycles. The van der Waals surface area contributed by atoms with Crippen molar-refractivity contribution < 1.29 is 19.4 Å². The number of hydrogen-bond acceptors (Lipinski definition) is 4. The highest BCUT2D eigenvalue weighted by molar-refractivity contribution is 5.94. The van der Waals surface area contributed by atoms with Crippen LogP contribution >= 0.6 is 0 Å². The Morgan fingerprint density at radius 2 is 1.88 bits per heavy atom. The number of pyridine rings is 1. The van der Waals surface area contributed by atoms with Gasteiger partial charge >= 0.3 is 5.97 Å². The van der Waals surface area contributed by atoms with Gasteiger partial charge in [0, 0.05) is 31.3 Å². The second-order valence-electron chi connectivity index (χ2n) is 6.72. The van der Waals surface area contributed by atoms with Gasteiger partial charge in [-0.2, -0.15) is 0 Å². The van der Waals surface area contributed by atoms with E-state index in [-0.39, 0.29) is 24.5 Å². The molecule has 26 heavy (non-hydrogen) atoms. The summed E-state index contributed by atoms with van der Waals surface area (Å²) in [4.78, 5) is 30.2. The predicted octanol–water partition coefficient (Wildman–Crippen LogP) is 2.81. The summed E-state index contributed by atoms with van der Waals surface area (Å²) in [7, 11) is 0. The zero-order valence-corrected chi connectivity index (χ0v) is 14.8. The van der Waals surface area contributed by atoms with E-state index in [4.69, 9.17) is 4.74 Å². The number of carbonyl (C=O) groups excluding carboxylic acids is 1. The van der Waals surface area contributed by atoms with E-state index >= 15 is 0 Å². The van der Waals surface area contributed by atoms with Gasteiger partial charge in [-0.15, -0.1) is 0 Å². The smallest absolute Gasteiger partial charge is 0.308 e. The summed E-state index contributed by atoms with van der Waals surface area (Å²) in [6, 6.07) is 12.8. The first-order chi connectivity index (χ1) is 12.5. The van der Waals surface area contributed by atoms with Gasteiger partial charge in [0.25, 0.3) is 5.91 Å². The van der Waals surface area contributed by atoms with Gasteiger partial charge in [0.2, 0.25) is 5.88 Å². The Kier molecular flexibility index (Phi) is 5.21. The van der Waals surface area contributed by atoms with Crippen LogP contribution in [0.25, 0.3) is 0 Å². The number of aromatic nitrogens is 1. The fourth-order valence-corrected chi connectivity index (χ4v) is 3.26. The second-order valence-corrected chi connectivity index (χ2v) is 6.72. The summed E-state index contributed by atoms with van der Waals surface area (Å²) in [6.45, 7) is 4.38. The van der Waals surface area contributed by atoms with E-state index in [1.54, 1.807) is 17.0 Å². The normalized spacial score (nSPS) is 19.6. The Morgan fingerprint density at radius 1 is 1.15 bits per heavy atom. The van der Waals surface area contributed by atoms with E-state index in [1.165, 1.54) is 6.20 Å². The van der Waals surface area contributed by atoms with Crippen LogP contribution in [0, 0.1) is 5.92 Å². The van der Waals surface area contributed by atoms with Gasteiger partial charge in [-0.05, 0) is 25.5 Å². The molecule has 6 heteroatoms. The van der Waals surface area contributed by atoms with Crippen LogP contribution in [0.15, 0.2) is 48.7 Å². The number of carbonyl (C=O) groups is 2. The minimum atomic E-state index is -0.882. The Labute approximate surface area is 152 Å². The topological polar surface area (TPSA) is 79.7 Å². The average molecular weight is 354 g/mol. The summed E-state index contributed by atoms with van der Waals surface area (Å²) in [5.41, 5.74) is 1.37. The minimum absolute atomic E-state index is 0.00518. The van der Waals surface area contributed by atoms with Gasteiger partial charge in [0.05, 0.1) is 17.6 Å². The molecule has 1 amide bonds. The van der Waals surface area contributed by atoms with Crippen LogP contribution in [0.5, 0.6) is 5.88 Å². The maximum atomic E-state index is 12.8. The zero-order valence-electron chi connectivity index (χ0n) is 14.8. The quantitative estimate of drug-likeness (QED) is 0.893. The number of aliphatic carboxylic acids is 1. The molecule has 3 rings (SSSR count). The number of carboxylic acids is 1. The molecule has 0 radical (unpaired) electrons. The van der Waals surface area contributed by atoms with Crippen LogP contribution in [-0.4, -0.2) is 46.1 Å². The summed E-state index contributed by atoms with van der Waals surface area (Å²) in [5, 5.41) is 9.57. The Hall–Kier alpha value is -2.89. The fourth-order valence-electron chi connectivity index (χ4n) is 3.26. The number of carboxylic acid groups (broad SMARTS) is 1. The third-order valence-electron chi connectivity index (χ3n) is 4.49. The molecule has 2 atom stereocenters. The molecule has 0 spiro atoms. The number of rotatable bonds is 5. The molecule has 1 N–H and O–H groups in total. The van der Waals surface area contributed by atoms with Crippen LogP contribution in [0.4, 0.5) is 0 Å². The third-order valence-corrected chi connectivity index (χ3v) is 4.49. The van der Waals surface area contributed by atoms with Crippen molar-refractivity contribution in [3.05, 3.63) is 59.8 Å². The molecule has 2 aromatic rings. The number of nitrogens with zero attached hydrogens (tertiary/aromatic N) is 2. The summed E-state index contributed by atoms with van der Waals surface area (Å²) < 4.78 is 5.48. The van der Waals surface area contributed by atoms with Crippen molar-refractivity contribution in [3.63, 3.8) is 0 Å². The van der Waals surface area contributed by atoms with Crippen molar-refractivity contribution in [2.24, 2.45) is 5.92 Å². The predicted molar refractivity (Wildman–Crippen MR) is 96.2 cm³/mol. The number of ether oxygens (including phenoxy) is 1. The van der Waals surface area contributed by atoms with Gasteiger partial charge in [-0.1, -0.05) is 30.3 Å². The second kappa shape index (κ2) is 7.56. The standard InChI is InChI=1S/C20H22N2O4/c1-13(2)26-18-9-8-15(10-21-18)19(23)22-11-16(17(12-22)20(24)25)14-6-4-3-5-7-14/h3-10,13,16-17H,11-12H2,1-2H3,(H,24,25). The molecule has 0 bridgehead atoms. The van der Waals surface area contributed by atoms with E-state index in [9.17, 15) is 14.7 Å². The Morgan fingerprint density at radius 3 is 2.46 bits per heavy atom. The molecule has 1 saturated heterocycles. The molecule has 0 saturated carbocycles. The summed E-state index contributed by atoms with van der Waals surface area (Å²) in [5.74, 6) is -1.46. The highest BCUT2D eigenvalue weighted by Gasteiger charge is 2.40. The van der Waals surface area contributed by atoms with Crippen LogP contribution in [0.2, 0.25) is 0 Å². The maximum Gasteiger partial charge on any atom is 0.308 e. The minimum Gasteiger partial charge on any atom is -0.481 e. The molecule has 1 aromatic carbocycles. The molecule has 2 unspecified atom stereocenters. The lowest BCUT2D eigenvalue weighted by atomic mass is 9.89. The molecular weight excluding hydrogens is 332 g/mol. The number of likely N-dealkylation sites (tertiary alicyclic amines) is 1. The van der Waals surface area contributed by atoms with Crippen molar-refractivity contribution in [1.29, 1.82) is 0 Å². The summed E-state index contributed by atoms with van der Waals surface area (Å²) in [6.07, 6.45) is 1.48. The van der Waals surface area contributed by atoms with Crippen molar-refractivity contribution in [1.82, 2.24) is 9.88 Å². The monoisotopic (exact) mass is 354 g/mol. The highest BCUT2D eigenvalue weighted by Crippen LogP contribution is 2.33. The van der Waals surface area contributed by atoms with Crippen LogP contribution in [0.1, 0.15) is 35.7 Å². The van der Waals surface area contributed by atoms with E-state index in [2.05, 4.69) is 4.98 Å². The largest absolute Gasteiger partial charge is 0.481 e. The van der Waals surface area contributed by atoms with E-state index in [0.29, 0.717) is 18.0 Å². The van der Waals surface area contributed by atoms with Crippen molar-refractivity contribution in [2.45, 2.75) is 25.9 Å². The van der Waals surface area contributed by atoms with Gasteiger partial charge < -0.3 is 14.7 Å². The summed E-state index contributed by atoms with van der Waals surface area (Å²) >= 11 is 0. The molecule has 1 aliphatic rings. The van der Waals surface area contributed by atoms with Crippen LogP contribution in [-0.2, 0) is 4.79 Å². The fraction of sp³-hybridized carbons (Fsp3) is 0.350. The van der Waals surface area contributed by atoms with Crippen molar-refractivity contribution in [2.75, 3.05) is 13.1 Å². The lowest BCUT2D eigenvalue weighted by Gasteiger charge is -2.17. The lowest BCUT2D eigenvalue weighted by molar-refractivity contribution is -0.141. The number of benzene rings is 1. The van der Waals surface area contributed by atoms with Crippen molar-refractivity contribution >= 4 is 11.9 Å². The molecule has 1 fully saturated rings. The molecule has 2 heterocycles. The van der Waals surface area contributed by atoms with Crippen LogP contribution in [0.3, 0.4) is 0 Å². The maximum absolute atomic E-state index is 12.8. The van der Waals surface area contributed by atoms with Crippen molar-refractivity contribution in [3.8, 4) is 5.88 Å². The zero-order chi connectivity index (χ0) is 18.7. The van der Waals surface area contributed by atoms with E-state index in [1.807, 2.05) is 44.2 Å². The van der Waals surface area contributed by atoms with Crippen LogP contribution < -0.4 is 4.74 Å². The van der Waals surface area contributed by atoms with E-state index < -0.39 is 11.9 Å². The first-order valence-corrected chi connectivity index (χ1v) is 8.65. The van der Waals surface area contributed by atoms with Gasteiger partial charge in [0.15, 0.2) is 0 Å². The molecule has 6 nitrogen and oxygen atoms in total. The van der Waals surface area contributed by atoms with Gasteiger partial charge in [-0.3, -0.25) is 9.59 Å².